The van der Waals surface area contributed by atoms with E-state index in [1.807, 2.05) is 30.3 Å². The number of hydrogen-bond donors (Lipinski definition) is 0. The summed E-state index contributed by atoms with van der Waals surface area (Å²) in [5.74, 6) is 0.796. The summed E-state index contributed by atoms with van der Waals surface area (Å²) in [6.45, 7) is 0. The molecule has 7 heteroatoms. The number of halogens is 1. The molecule has 0 unspecified atom stereocenters. The molecule has 0 saturated carbocycles. The van der Waals surface area contributed by atoms with Crippen molar-refractivity contribution in [3.8, 4) is 28.3 Å². The van der Waals surface area contributed by atoms with E-state index in [2.05, 4.69) is 4.98 Å². The van der Waals surface area contributed by atoms with E-state index in [1.54, 1.807) is 18.2 Å². The summed E-state index contributed by atoms with van der Waals surface area (Å²) in [7, 11) is -1.86. The number of ether oxygens (including phenoxy) is 1. The standard InChI is InChI=1S/C24H20FNO4S/c1-29-21-15-18(25)10-13-20(21)24-23(17-8-11-19(12-9-17)31(2,27)28)26-22(30-24)14-16-6-4-3-5-7-16/h3-13,15H,14H2,1-2H3. The number of aromatic nitrogens is 1. The van der Waals surface area contributed by atoms with Crippen LogP contribution in [0.25, 0.3) is 22.6 Å². The molecule has 0 radical (unpaired) electrons. The van der Waals surface area contributed by atoms with Gasteiger partial charge in [0.05, 0.1) is 17.6 Å². The Bertz CT molecular complexity index is 1310. The van der Waals surface area contributed by atoms with E-state index in [0.29, 0.717) is 40.6 Å². The second-order valence-electron chi connectivity index (χ2n) is 7.09. The van der Waals surface area contributed by atoms with Crippen molar-refractivity contribution in [2.24, 2.45) is 0 Å². The minimum Gasteiger partial charge on any atom is -0.496 e. The molecular weight excluding hydrogens is 417 g/mol. The first-order chi connectivity index (χ1) is 14.8. The highest BCUT2D eigenvalue weighted by Crippen LogP contribution is 2.38. The summed E-state index contributed by atoms with van der Waals surface area (Å²) in [6, 6.07) is 20.4. The lowest BCUT2D eigenvalue weighted by Gasteiger charge is -2.08. The minimum atomic E-state index is -3.32. The van der Waals surface area contributed by atoms with Crippen LogP contribution >= 0.6 is 0 Å². The average molecular weight is 437 g/mol. The van der Waals surface area contributed by atoms with E-state index in [4.69, 9.17) is 9.15 Å². The molecule has 158 valence electrons. The lowest BCUT2D eigenvalue weighted by atomic mass is 10.0. The number of nitrogens with zero attached hydrogens (tertiary/aromatic N) is 1. The molecule has 4 aromatic rings. The molecule has 0 aliphatic heterocycles. The van der Waals surface area contributed by atoms with Crippen molar-refractivity contribution < 1.29 is 22.0 Å². The topological polar surface area (TPSA) is 69.4 Å². The lowest BCUT2D eigenvalue weighted by molar-refractivity contribution is 0.410. The van der Waals surface area contributed by atoms with E-state index < -0.39 is 15.7 Å². The smallest absolute Gasteiger partial charge is 0.199 e. The summed E-state index contributed by atoms with van der Waals surface area (Å²) in [5.41, 5.74) is 2.78. The first-order valence-corrected chi connectivity index (χ1v) is 11.4. The van der Waals surface area contributed by atoms with Crippen LogP contribution in [0.2, 0.25) is 0 Å². The zero-order valence-corrected chi connectivity index (χ0v) is 17.8. The maximum Gasteiger partial charge on any atom is 0.199 e. The monoisotopic (exact) mass is 437 g/mol. The Morgan fingerprint density at radius 2 is 1.71 bits per heavy atom. The van der Waals surface area contributed by atoms with Gasteiger partial charge >= 0.3 is 0 Å². The Balaban J connectivity index is 1.84. The number of hydrogen-bond acceptors (Lipinski definition) is 5. The summed E-state index contributed by atoms with van der Waals surface area (Å²) in [4.78, 5) is 4.89. The SMILES string of the molecule is COc1cc(F)ccc1-c1oc(Cc2ccccc2)nc1-c1ccc(S(C)(=O)=O)cc1. The number of methoxy groups -OCH3 is 1. The summed E-state index contributed by atoms with van der Waals surface area (Å²) in [5, 5.41) is 0. The average Bonchev–Trinajstić information content (AvgIpc) is 3.17. The third-order valence-electron chi connectivity index (χ3n) is 4.83. The highest BCUT2D eigenvalue weighted by Gasteiger charge is 2.21. The molecule has 5 nitrogen and oxygen atoms in total. The van der Waals surface area contributed by atoms with Gasteiger partial charge in [0.15, 0.2) is 21.5 Å². The zero-order valence-electron chi connectivity index (χ0n) is 17.0. The van der Waals surface area contributed by atoms with Gasteiger partial charge in [-0.05, 0) is 29.8 Å². The third-order valence-corrected chi connectivity index (χ3v) is 5.96. The fourth-order valence-corrected chi connectivity index (χ4v) is 3.93. The van der Waals surface area contributed by atoms with Gasteiger partial charge in [0.2, 0.25) is 0 Å². The van der Waals surface area contributed by atoms with Crippen molar-refractivity contribution in [1.82, 2.24) is 4.98 Å². The van der Waals surface area contributed by atoms with Gasteiger partial charge in [-0.1, -0.05) is 42.5 Å². The largest absolute Gasteiger partial charge is 0.496 e. The number of rotatable bonds is 6. The molecule has 0 N–H and O–H groups in total. The van der Waals surface area contributed by atoms with Gasteiger partial charge in [-0.3, -0.25) is 0 Å². The second-order valence-corrected chi connectivity index (χ2v) is 9.10. The molecule has 1 aromatic heterocycles. The van der Waals surface area contributed by atoms with Gasteiger partial charge in [-0.25, -0.2) is 17.8 Å². The van der Waals surface area contributed by atoms with Crippen molar-refractivity contribution in [3.63, 3.8) is 0 Å². The molecule has 3 aromatic carbocycles. The molecule has 4 rings (SSSR count). The van der Waals surface area contributed by atoms with E-state index >= 15 is 0 Å². The molecule has 0 saturated heterocycles. The van der Waals surface area contributed by atoms with Crippen molar-refractivity contribution in [1.29, 1.82) is 0 Å². The Hall–Kier alpha value is -3.45. The van der Waals surface area contributed by atoms with Crippen molar-refractivity contribution in [2.75, 3.05) is 13.4 Å². The Kier molecular flexibility index (Phi) is 5.61. The van der Waals surface area contributed by atoms with Crippen LogP contribution in [-0.4, -0.2) is 26.8 Å². The zero-order chi connectivity index (χ0) is 22.0. The van der Waals surface area contributed by atoms with Crippen molar-refractivity contribution in [3.05, 3.63) is 90.1 Å². The van der Waals surface area contributed by atoms with E-state index in [-0.39, 0.29) is 4.90 Å². The predicted molar refractivity (Wildman–Crippen MR) is 116 cm³/mol. The molecule has 1 heterocycles. The van der Waals surface area contributed by atoms with Crippen LogP contribution in [-0.2, 0) is 16.3 Å². The summed E-state index contributed by atoms with van der Waals surface area (Å²) in [6.07, 6.45) is 1.63. The van der Waals surface area contributed by atoms with Gasteiger partial charge in [-0.15, -0.1) is 0 Å². The van der Waals surface area contributed by atoms with Crippen LogP contribution in [0, 0.1) is 5.82 Å². The number of benzene rings is 3. The predicted octanol–water partition coefficient (Wildman–Crippen LogP) is 5.15. The highest BCUT2D eigenvalue weighted by molar-refractivity contribution is 7.90. The van der Waals surface area contributed by atoms with Crippen LogP contribution in [0.1, 0.15) is 11.5 Å². The molecule has 0 amide bonds. The molecule has 0 aliphatic rings. The molecule has 31 heavy (non-hydrogen) atoms. The van der Waals surface area contributed by atoms with Crippen LogP contribution in [0.5, 0.6) is 5.75 Å². The molecule has 0 aliphatic carbocycles. The van der Waals surface area contributed by atoms with Gasteiger partial charge < -0.3 is 9.15 Å². The first kappa shape index (κ1) is 20.8. The molecule has 0 fully saturated rings. The molecular formula is C24H20FNO4S. The first-order valence-electron chi connectivity index (χ1n) is 9.53. The summed E-state index contributed by atoms with van der Waals surface area (Å²) >= 11 is 0. The van der Waals surface area contributed by atoms with Crippen LogP contribution < -0.4 is 4.74 Å². The quantitative estimate of drug-likeness (QED) is 0.417. The lowest BCUT2D eigenvalue weighted by Crippen LogP contribution is -1.96. The summed E-state index contributed by atoms with van der Waals surface area (Å²) < 4.78 is 48.8. The van der Waals surface area contributed by atoms with E-state index in [1.165, 1.54) is 31.4 Å². The van der Waals surface area contributed by atoms with Crippen LogP contribution in [0.15, 0.2) is 82.1 Å². The minimum absolute atomic E-state index is 0.213. The molecule has 0 atom stereocenters. The highest BCUT2D eigenvalue weighted by atomic mass is 32.2. The van der Waals surface area contributed by atoms with Crippen molar-refractivity contribution in [2.45, 2.75) is 11.3 Å². The third kappa shape index (κ3) is 4.51. The van der Waals surface area contributed by atoms with Crippen molar-refractivity contribution >= 4 is 9.84 Å². The second kappa shape index (κ2) is 8.35. The maximum absolute atomic E-state index is 13.7. The Morgan fingerprint density at radius 1 is 1.00 bits per heavy atom. The van der Waals surface area contributed by atoms with Gasteiger partial charge in [0.25, 0.3) is 0 Å². The van der Waals surface area contributed by atoms with E-state index in [9.17, 15) is 12.8 Å². The Morgan fingerprint density at radius 3 is 2.35 bits per heavy atom. The van der Waals surface area contributed by atoms with Crippen LogP contribution in [0.3, 0.4) is 0 Å². The molecule has 0 bridgehead atoms. The van der Waals surface area contributed by atoms with Gasteiger partial charge in [-0.2, -0.15) is 0 Å². The fourth-order valence-electron chi connectivity index (χ4n) is 3.30. The number of sulfone groups is 1. The Labute approximate surface area is 180 Å². The fraction of sp³-hybridized carbons (Fsp3) is 0.125. The van der Waals surface area contributed by atoms with Gasteiger partial charge in [0, 0.05) is 24.3 Å². The van der Waals surface area contributed by atoms with Crippen LogP contribution in [0.4, 0.5) is 4.39 Å². The molecule has 0 spiro atoms. The maximum atomic E-state index is 13.7. The number of oxazole rings is 1. The van der Waals surface area contributed by atoms with Gasteiger partial charge in [0.1, 0.15) is 17.3 Å². The van der Waals surface area contributed by atoms with E-state index in [0.717, 1.165) is 11.8 Å². The normalized spacial score (nSPS) is 11.5.